The summed E-state index contributed by atoms with van der Waals surface area (Å²) in [6.07, 6.45) is 2.52. The van der Waals surface area contributed by atoms with Crippen molar-refractivity contribution in [2.45, 2.75) is 0 Å². The predicted octanol–water partition coefficient (Wildman–Crippen LogP) is 3.43. The Morgan fingerprint density at radius 3 is 2.65 bits per heavy atom. The van der Waals surface area contributed by atoms with Crippen LogP contribution in [0.2, 0.25) is 5.02 Å². The molecule has 1 heterocycles. The van der Waals surface area contributed by atoms with Crippen molar-refractivity contribution < 1.29 is 23.0 Å². The van der Waals surface area contributed by atoms with Crippen molar-refractivity contribution in [3.8, 4) is 17.2 Å². The molecule has 0 unspecified atom stereocenters. The van der Waals surface area contributed by atoms with Crippen LogP contribution in [0, 0.1) is 0 Å². The van der Waals surface area contributed by atoms with Crippen molar-refractivity contribution in [2.75, 3.05) is 38.9 Å². The van der Waals surface area contributed by atoms with Gasteiger partial charge in [-0.15, -0.1) is 12.4 Å². The van der Waals surface area contributed by atoms with Crippen molar-refractivity contribution in [2.24, 2.45) is 0 Å². The second kappa shape index (κ2) is 10.2. The molecule has 0 bridgehead atoms. The van der Waals surface area contributed by atoms with E-state index in [4.69, 9.17) is 21.1 Å². The van der Waals surface area contributed by atoms with E-state index in [-0.39, 0.29) is 36.3 Å². The number of benzene rings is 2. The first-order valence-electron chi connectivity index (χ1n) is 8.82. The van der Waals surface area contributed by atoms with Gasteiger partial charge < -0.3 is 19.9 Å². The van der Waals surface area contributed by atoms with E-state index in [9.17, 15) is 13.5 Å². The monoisotopic (exact) mass is 488 g/mol. The van der Waals surface area contributed by atoms with E-state index in [1.165, 1.54) is 30.9 Å². The Morgan fingerprint density at radius 2 is 1.97 bits per heavy atom. The zero-order valence-electron chi connectivity index (χ0n) is 17.0. The number of phenolic OH excluding ortho intramolecular Hbond substituents is 1. The fourth-order valence-electron chi connectivity index (χ4n) is 2.63. The Kier molecular flexibility index (Phi) is 8.13. The number of sulfonamides is 1. The average molecular weight is 489 g/mol. The van der Waals surface area contributed by atoms with Gasteiger partial charge in [0.15, 0.2) is 11.5 Å². The number of halogens is 2. The molecule has 2 N–H and O–H groups in total. The van der Waals surface area contributed by atoms with Gasteiger partial charge in [-0.3, -0.25) is 0 Å². The highest BCUT2D eigenvalue weighted by Crippen LogP contribution is 2.37. The molecule has 9 nitrogen and oxygen atoms in total. The summed E-state index contributed by atoms with van der Waals surface area (Å²) in [5.41, 5.74) is 1.07. The number of hydrogen-bond acceptors (Lipinski definition) is 8. The molecule has 0 aliphatic heterocycles. The van der Waals surface area contributed by atoms with Crippen molar-refractivity contribution in [3.63, 3.8) is 0 Å². The van der Waals surface area contributed by atoms with E-state index < -0.39 is 10.0 Å². The fourth-order valence-corrected chi connectivity index (χ4v) is 3.21. The quantitative estimate of drug-likeness (QED) is 0.495. The maximum absolute atomic E-state index is 11.5. The van der Waals surface area contributed by atoms with Crippen LogP contribution in [-0.4, -0.2) is 61.4 Å². The van der Waals surface area contributed by atoms with Crippen LogP contribution in [0.15, 0.2) is 36.7 Å². The SMILES string of the molecule is COc1cc2c(Nc3cccc(O)c3Cl)ncnc2cc1OCCN(C)S(C)(=O)=O.Cl. The summed E-state index contributed by atoms with van der Waals surface area (Å²) in [7, 11) is -0.305. The second-order valence-corrected chi connectivity index (χ2v) is 8.91. The third-order valence-electron chi connectivity index (χ3n) is 4.38. The van der Waals surface area contributed by atoms with Gasteiger partial charge in [0.1, 0.15) is 29.5 Å². The predicted molar refractivity (Wildman–Crippen MR) is 123 cm³/mol. The lowest BCUT2D eigenvalue weighted by atomic mass is 10.2. The number of fused-ring (bicyclic) bond motifs is 1. The van der Waals surface area contributed by atoms with Gasteiger partial charge in [-0.2, -0.15) is 0 Å². The minimum Gasteiger partial charge on any atom is -0.506 e. The fraction of sp³-hybridized carbons (Fsp3) is 0.263. The first-order valence-corrected chi connectivity index (χ1v) is 11.0. The average Bonchev–Trinajstić information content (AvgIpc) is 2.70. The number of hydrogen-bond donors (Lipinski definition) is 2. The van der Waals surface area contributed by atoms with Crippen molar-refractivity contribution >= 4 is 56.4 Å². The van der Waals surface area contributed by atoms with E-state index in [0.717, 1.165) is 6.26 Å². The van der Waals surface area contributed by atoms with Crippen LogP contribution in [0.4, 0.5) is 11.5 Å². The van der Waals surface area contributed by atoms with Gasteiger partial charge in [-0.25, -0.2) is 22.7 Å². The third-order valence-corrected chi connectivity index (χ3v) is 6.09. The van der Waals surface area contributed by atoms with Crippen LogP contribution in [0.5, 0.6) is 17.2 Å². The first kappa shape index (κ1) is 24.7. The maximum atomic E-state index is 11.5. The van der Waals surface area contributed by atoms with Gasteiger partial charge >= 0.3 is 0 Å². The summed E-state index contributed by atoms with van der Waals surface area (Å²) in [6.45, 7) is 0.327. The van der Waals surface area contributed by atoms with Crippen LogP contribution in [0.1, 0.15) is 0 Å². The number of anilines is 2. The van der Waals surface area contributed by atoms with Crippen LogP contribution < -0.4 is 14.8 Å². The van der Waals surface area contributed by atoms with Gasteiger partial charge in [0.25, 0.3) is 0 Å². The molecule has 0 aliphatic rings. The molecule has 3 aromatic rings. The van der Waals surface area contributed by atoms with E-state index in [1.54, 1.807) is 24.3 Å². The number of aromatic nitrogens is 2. The molecule has 2 aromatic carbocycles. The molecule has 0 aliphatic carbocycles. The van der Waals surface area contributed by atoms with Gasteiger partial charge in [0.05, 0.1) is 24.6 Å². The molecule has 1 aromatic heterocycles. The van der Waals surface area contributed by atoms with E-state index in [0.29, 0.717) is 33.9 Å². The summed E-state index contributed by atoms with van der Waals surface area (Å²) < 4.78 is 35.3. The number of aromatic hydroxyl groups is 1. The number of ether oxygens (including phenoxy) is 2. The molecule has 0 saturated heterocycles. The third kappa shape index (κ3) is 5.79. The number of nitrogens with zero attached hydrogens (tertiary/aromatic N) is 3. The topological polar surface area (TPSA) is 114 Å². The number of rotatable bonds is 8. The van der Waals surface area contributed by atoms with Crippen molar-refractivity contribution in [3.05, 3.63) is 41.7 Å². The maximum Gasteiger partial charge on any atom is 0.211 e. The molecule has 0 radical (unpaired) electrons. The highest BCUT2D eigenvalue weighted by atomic mass is 35.5. The Hall–Kier alpha value is -2.53. The molecule has 0 atom stereocenters. The van der Waals surface area contributed by atoms with Gasteiger partial charge in [-0.05, 0) is 18.2 Å². The number of methoxy groups -OCH3 is 1. The van der Waals surface area contributed by atoms with Crippen LogP contribution in [0.25, 0.3) is 10.9 Å². The second-order valence-electron chi connectivity index (χ2n) is 6.44. The molecule has 0 spiro atoms. The Morgan fingerprint density at radius 1 is 1.23 bits per heavy atom. The Balaban J connectivity index is 0.00000341. The first-order chi connectivity index (χ1) is 14.2. The molecule has 0 saturated carbocycles. The zero-order chi connectivity index (χ0) is 21.9. The lowest BCUT2D eigenvalue weighted by molar-refractivity contribution is 0.272. The highest BCUT2D eigenvalue weighted by molar-refractivity contribution is 7.88. The summed E-state index contributed by atoms with van der Waals surface area (Å²) in [6, 6.07) is 8.25. The molecule has 12 heteroatoms. The van der Waals surface area contributed by atoms with E-state index >= 15 is 0 Å². The summed E-state index contributed by atoms with van der Waals surface area (Å²) >= 11 is 6.15. The molecule has 0 fully saturated rings. The number of phenols is 1. The lowest BCUT2D eigenvalue weighted by Crippen LogP contribution is -2.29. The molecular weight excluding hydrogens is 467 g/mol. The summed E-state index contributed by atoms with van der Waals surface area (Å²) in [4.78, 5) is 8.52. The largest absolute Gasteiger partial charge is 0.506 e. The summed E-state index contributed by atoms with van der Waals surface area (Å²) in [5, 5.41) is 13.7. The standard InChI is InChI=1S/C19H21ClN4O5S.ClH/c1-24(30(3,26)27)7-8-29-17-10-14-12(9-16(17)28-2)19(22-11-21-14)23-13-5-4-6-15(25)18(13)20;/h4-6,9-11,25H,7-8H2,1-3H3,(H,21,22,23);1H. The lowest BCUT2D eigenvalue weighted by Gasteiger charge is -2.17. The Bertz CT molecular complexity index is 1180. The Labute approximate surface area is 191 Å². The molecule has 3 rings (SSSR count). The molecule has 0 amide bonds. The minimum absolute atomic E-state index is 0. The van der Waals surface area contributed by atoms with Crippen LogP contribution >= 0.6 is 24.0 Å². The molecular formula is C19H22Cl2N4O5S. The normalized spacial score (nSPS) is 11.3. The van der Waals surface area contributed by atoms with Crippen molar-refractivity contribution in [1.29, 1.82) is 0 Å². The van der Waals surface area contributed by atoms with Crippen molar-refractivity contribution in [1.82, 2.24) is 14.3 Å². The minimum atomic E-state index is -3.29. The van der Waals surface area contributed by atoms with Gasteiger partial charge in [0.2, 0.25) is 10.0 Å². The van der Waals surface area contributed by atoms with E-state index in [2.05, 4.69) is 15.3 Å². The van der Waals surface area contributed by atoms with E-state index in [1.807, 2.05) is 0 Å². The summed E-state index contributed by atoms with van der Waals surface area (Å²) in [5.74, 6) is 1.28. The van der Waals surface area contributed by atoms with Gasteiger partial charge in [-0.1, -0.05) is 17.7 Å². The van der Waals surface area contributed by atoms with Crippen LogP contribution in [0.3, 0.4) is 0 Å². The molecule has 168 valence electrons. The van der Waals surface area contributed by atoms with Crippen LogP contribution in [-0.2, 0) is 10.0 Å². The zero-order valence-corrected chi connectivity index (χ0v) is 19.4. The molecule has 31 heavy (non-hydrogen) atoms. The van der Waals surface area contributed by atoms with Gasteiger partial charge in [0, 0.05) is 25.0 Å². The smallest absolute Gasteiger partial charge is 0.211 e. The highest BCUT2D eigenvalue weighted by Gasteiger charge is 2.15. The number of nitrogens with one attached hydrogen (secondary N) is 1. The number of likely N-dealkylation sites (N-methyl/N-ethyl adjacent to an activating group) is 1.